The number of benzene rings is 2. The molecule has 0 saturated carbocycles. The Kier molecular flexibility index (Phi) is 4.81. The third-order valence-electron chi connectivity index (χ3n) is 4.94. The van der Waals surface area contributed by atoms with Crippen LogP contribution in [-0.4, -0.2) is 54.6 Å². The molecule has 152 valence electrons. The number of ether oxygens (including phenoxy) is 2. The molecule has 2 heterocycles. The lowest BCUT2D eigenvalue weighted by Gasteiger charge is -2.35. The topological polar surface area (TPSA) is 59.1 Å². The normalized spacial score (nSPS) is 16.1. The molecule has 0 atom stereocenters. The standard InChI is InChI=1S/C20H17F3N2O4/c21-20(22,23)15-4-2-1-3-14(15)19(27)25-9-7-24(8-10-25)18(26)13-5-6-16-17(11-13)29-12-28-16/h1-6,11H,7-10,12H2. The molecule has 0 spiro atoms. The van der Waals surface area contributed by atoms with Gasteiger partial charge in [0.15, 0.2) is 11.5 Å². The van der Waals surface area contributed by atoms with Crippen LogP contribution in [0.15, 0.2) is 42.5 Å². The molecule has 6 nitrogen and oxygen atoms in total. The third-order valence-corrected chi connectivity index (χ3v) is 4.94. The van der Waals surface area contributed by atoms with E-state index in [2.05, 4.69) is 0 Å². The number of fused-ring (bicyclic) bond motifs is 1. The zero-order valence-electron chi connectivity index (χ0n) is 15.2. The molecular formula is C20H17F3N2O4. The average Bonchev–Trinajstić information content (AvgIpc) is 3.20. The Balaban J connectivity index is 1.43. The molecular weight excluding hydrogens is 389 g/mol. The molecule has 4 rings (SSSR count). The Hall–Kier alpha value is -3.23. The zero-order valence-corrected chi connectivity index (χ0v) is 15.2. The van der Waals surface area contributed by atoms with Crippen molar-refractivity contribution in [3.05, 3.63) is 59.2 Å². The molecule has 2 aliphatic rings. The maximum absolute atomic E-state index is 13.2. The van der Waals surface area contributed by atoms with Gasteiger partial charge in [0.2, 0.25) is 6.79 Å². The number of nitrogens with zero attached hydrogens (tertiary/aromatic N) is 2. The lowest BCUT2D eigenvalue weighted by Crippen LogP contribution is -2.50. The van der Waals surface area contributed by atoms with Crippen LogP contribution < -0.4 is 9.47 Å². The summed E-state index contributed by atoms with van der Waals surface area (Å²) in [5.41, 5.74) is -0.907. The fourth-order valence-electron chi connectivity index (χ4n) is 3.41. The maximum atomic E-state index is 13.2. The summed E-state index contributed by atoms with van der Waals surface area (Å²) in [7, 11) is 0. The van der Waals surface area contributed by atoms with E-state index in [1.54, 1.807) is 23.1 Å². The SMILES string of the molecule is O=C(c1ccc2c(c1)OCO2)N1CCN(C(=O)c2ccccc2C(F)(F)F)CC1. The number of rotatable bonds is 2. The lowest BCUT2D eigenvalue weighted by atomic mass is 10.1. The molecule has 2 aliphatic heterocycles. The number of amides is 2. The molecule has 1 fully saturated rings. The molecule has 0 bridgehead atoms. The summed E-state index contributed by atoms with van der Waals surface area (Å²) in [4.78, 5) is 28.3. The summed E-state index contributed by atoms with van der Waals surface area (Å²) < 4.78 is 50.0. The molecule has 0 unspecified atom stereocenters. The van der Waals surface area contributed by atoms with Gasteiger partial charge in [0.05, 0.1) is 11.1 Å². The van der Waals surface area contributed by atoms with Crippen LogP contribution in [0.1, 0.15) is 26.3 Å². The van der Waals surface area contributed by atoms with Crippen LogP contribution in [-0.2, 0) is 6.18 Å². The number of piperazine rings is 1. The predicted molar refractivity (Wildman–Crippen MR) is 95.8 cm³/mol. The summed E-state index contributed by atoms with van der Waals surface area (Å²) in [6.07, 6.45) is -4.61. The average molecular weight is 406 g/mol. The number of hydrogen-bond donors (Lipinski definition) is 0. The van der Waals surface area contributed by atoms with Gasteiger partial charge in [0.25, 0.3) is 11.8 Å². The van der Waals surface area contributed by atoms with E-state index in [0.29, 0.717) is 17.1 Å². The van der Waals surface area contributed by atoms with Crippen molar-refractivity contribution in [2.75, 3.05) is 33.0 Å². The van der Waals surface area contributed by atoms with E-state index < -0.39 is 17.6 Å². The van der Waals surface area contributed by atoms with Crippen molar-refractivity contribution in [3.63, 3.8) is 0 Å². The second kappa shape index (κ2) is 7.31. The second-order valence-corrected chi connectivity index (χ2v) is 6.70. The van der Waals surface area contributed by atoms with E-state index in [4.69, 9.17) is 9.47 Å². The van der Waals surface area contributed by atoms with Crippen LogP contribution in [0.3, 0.4) is 0 Å². The highest BCUT2D eigenvalue weighted by molar-refractivity contribution is 5.97. The first-order valence-corrected chi connectivity index (χ1v) is 8.99. The van der Waals surface area contributed by atoms with Crippen LogP contribution >= 0.6 is 0 Å². The van der Waals surface area contributed by atoms with Gasteiger partial charge in [-0.05, 0) is 30.3 Å². The van der Waals surface area contributed by atoms with Crippen LogP contribution in [0, 0.1) is 0 Å². The first kappa shape index (κ1) is 19.1. The number of carbonyl (C=O) groups excluding carboxylic acids is 2. The van der Waals surface area contributed by atoms with Crippen LogP contribution in [0.5, 0.6) is 11.5 Å². The minimum absolute atomic E-state index is 0.104. The molecule has 0 aromatic heterocycles. The number of carbonyl (C=O) groups is 2. The van der Waals surface area contributed by atoms with Gasteiger partial charge in [-0.2, -0.15) is 13.2 Å². The summed E-state index contributed by atoms with van der Waals surface area (Å²) >= 11 is 0. The molecule has 0 aliphatic carbocycles. The fourth-order valence-corrected chi connectivity index (χ4v) is 3.41. The first-order valence-electron chi connectivity index (χ1n) is 8.99. The zero-order chi connectivity index (χ0) is 20.6. The molecule has 1 saturated heterocycles. The molecule has 0 radical (unpaired) electrons. The van der Waals surface area contributed by atoms with Gasteiger partial charge in [-0.15, -0.1) is 0 Å². The highest BCUT2D eigenvalue weighted by Gasteiger charge is 2.36. The highest BCUT2D eigenvalue weighted by Crippen LogP contribution is 2.34. The Labute approximate surface area is 164 Å². The van der Waals surface area contributed by atoms with Gasteiger partial charge in [0, 0.05) is 31.7 Å². The van der Waals surface area contributed by atoms with Gasteiger partial charge in [-0.25, -0.2) is 0 Å². The van der Waals surface area contributed by atoms with Crippen molar-refractivity contribution in [3.8, 4) is 11.5 Å². The fraction of sp³-hybridized carbons (Fsp3) is 0.300. The van der Waals surface area contributed by atoms with Crippen LogP contribution in [0.2, 0.25) is 0 Å². The van der Waals surface area contributed by atoms with Crippen LogP contribution in [0.25, 0.3) is 0 Å². The first-order chi connectivity index (χ1) is 13.8. The Morgan fingerprint density at radius 2 is 1.45 bits per heavy atom. The Bertz CT molecular complexity index is 953. The third kappa shape index (κ3) is 3.72. The van der Waals surface area contributed by atoms with Crippen molar-refractivity contribution < 1.29 is 32.2 Å². The van der Waals surface area contributed by atoms with E-state index in [9.17, 15) is 22.8 Å². The van der Waals surface area contributed by atoms with Gasteiger partial charge >= 0.3 is 6.18 Å². The summed E-state index contributed by atoms with van der Waals surface area (Å²) in [5, 5.41) is 0. The molecule has 0 N–H and O–H groups in total. The Morgan fingerprint density at radius 3 is 2.14 bits per heavy atom. The second-order valence-electron chi connectivity index (χ2n) is 6.70. The molecule has 2 aromatic rings. The minimum atomic E-state index is -4.61. The minimum Gasteiger partial charge on any atom is -0.454 e. The van der Waals surface area contributed by atoms with E-state index in [0.717, 1.165) is 6.07 Å². The summed E-state index contributed by atoms with van der Waals surface area (Å²) in [5.74, 6) is 0.146. The Morgan fingerprint density at radius 1 is 0.828 bits per heavy atom. The van der Waals surface area contributed by atoms with Gasteiger partial charge in [0.1, 0.15) is 0 Å². The summed E-state index contributed by atoms with van der Waals surface area (Å²) in [6, 6.07) is 9.61. The predicted octanol–water partition coefficient (Wildman–Crippen LogP) is 3.03. The van der Waals surface area contributed by atoms with Gasteiger partial charge < -0.3 is 19.3 Å². The lowest BCUT2D eigenvalue weighted by molar-refractivity contribution is -0.138. The molecule has 2 aromatic carbocycles. The highest BCUT2D eigenvalue weighted by atomic mass is 19.4. The van der Waals surface area contributed by atoms with E-state index in [-0.39, 0.29) is 44.4 Å². The van der Waals surface area contributed by atoms with Crippen molar-refractivity contribution in [2.45, 2.75) is 6.18 Å². The smallest absolute Gasteiger partial charge is 0.417 e. The number of halogens is 3. The van der Waals surface area contributed by atoms with E-state index >= 15 is 0 Å². The van der Waals surface area contributed by atoms with Crippen molar-refractivity contribution in [1.82, 2.24) is 9.80 Å². The number of hydrogen-bond acceptors (Lipinski definition) is 4. The van der Waals surface area contributed by atoms with Gasteiger partial charge in [-0.3, -0.25) is 9.59 Å². The largest absolute Gasteiger partial charge is 0.454 e. The van der Waals surface area contributed by atoms with Crippen LogP contribution in [0.4, 0.5) is 13.2 Å². The molecule has 9 heteroatoms. The van der Waals surface area contributed by atoms with E-state index in [1.165, 1.54) is 23.1 Å². The quantitative estimate of drug-likeness (QED) is 0.770. The molecule has 2 amide bonds. The van der Waals surface area contributed by atoms with E-state index in [1.807, 2.05) is 0 Å². The van der Waals surface area contributed by atoms with Crippen molar-refractivity contribution in [2.24, 2.45) is 0 Å². The summed E-state index contributed by atoms with van der Waals surface area (Å²) in [6.45, 7) is 0.871. The number of alkyl halides is 3. The van der Waals surface area contributed by atoms with Crippen molar-refractivity contribution in [1.29, 1.82) is 0 Å². The van der Waals surface area contributed by atoms with Crippen molar-refractivity contribution >= 4 is 11.8 Å². The monoisotopic (exact) mass is 406 g/mol. The van der Waals surface area contributed by atoms with Gasteiger partial charge in [-0.1, -0.05) is 12.1 Å². The molecule has 29 heavy (non-hydrogen) atoms. The maximum Gasteiger partial charge on any atom is 0.417 e.